The Kier molecular flexibility index (Phi) is 8.67. The van der Waals surface area contributed by atoms with Crippen molar-refractivity contribution in [2.75, 3.05) is 20.6 Å². The zero-order valence-corrected chi connectivity index (χ0v) is 14.7. The molecular formula is C15H30N4O2S. The number of aromatic amines is 1. The van der Waals surface area contributed by atoms with Gasteiger partial charge in [-0.05, 0) is 25.8 Å². The van der Waals surface area contributed by atoms with E-state index in [1.807, 2.05) is 0 Å². The van der Waals surface area contributed by atoms with E-state index in [9.17, 15) is 8.42 Å². The lowest BCUT2D eigenvalue weighted by atomic mass is 10.1. The Balaban J connectivity index is 2.18. The first kappa shape index (κ1) is 19.1. The van der Waals surface area contributed by atoms with Gasteiger partial charge in [0.1, 0.15) is 0 Å². The van der Waals surface area contributed by atoms with Gasteiger partial charge in [-0.3, -0.25) is 0 Å². The lowest BCUT2D eigenvalue weighted by molar-refractivity contribution is 0.513. The minimum absolute atomic E-state index is 0.0346. The van der Waals surface area contributed by atoms with Crippen LogP contribution >= 0.6 is 0 Å². The Morgan fingerprint density at radius 1 is 1.05 bits per heavy atom. The third kappa shape index (κ3) is 6.46. The molecule has 0 fully saturated rings. The molecule has 128 valence electrons. The molecular weight excluding hydrogens is 300 g/mol. The van der Waals surface area contributed by atoms with Crippen LogP contribution in [-0.4, -0.2) is 43.3 Å². The first-order valence-corrected chi connectivity index (χ1v) is 9.59. The third-order valence-electron chi connectivity index (χ3n) is 3.73. The average Bonchev–Trinajstić information content (AvgIpc) is 2.95. The van der Waals surface area contributed by atoms with Gasteiger partial charge >= 0.3 is 0 Å². The van der Waals surface area contributed by atoms with Gasteiger partial charge in [-0.2, -0.15) is 0 Å². The fraction of sp³-hybridized carbons (Fsp3) is 0.800. The molecule has 0 spiro atoms. The Bertz CT molecular complexity index is 511. The summed E-state index contributed by atoms with van der Waals surface area (Å²) in [5, 5.41) is 0.0346. The summed E-state index contributed by atoms with van der Waals surface area (Å²) in [6.07, 6.45) is 12.2. The van der Waals surface area contributed by atoms with Gasteiger partial charge in [0.25, 0.3) is 10.0 Å². The van der Waals surface area contributed by atoms with E-state index in [2.05, 4.69) is 9.97 Å². The van der Waals surface area contributed by atoms with E-state index < -0.39 is 10.0 Å². The maximum Gasteiger partial charge on any atom is 0.276 e. The van der Waals surface area contributed by atoms with Crippen molar-refractivity contribution in [2.24, 2.45) is 5.73 Å². The molecule has 1 aromatic heterocycles. The van der Waals surface area contributed by atoms with Crippen molar-refractivity contribution in [3.05, 3.63) is 11.9 Å². The Hall–Kier alpha value is -0.920. The van der Waals surface area contributed by atoms with E-state index >= 15 is 0 Å². The van der Waals surface area contributed by atoms with Crippen LogP contribution in [0.1, 0.15) is 57.1 Å². The smallest absolute Gasteiger partial charge is 0.276 e. The van der Waals surface area contributed by atoms with Gasteiger partial charge in [-0.15, -0.1) is 0 Å². The molecule has 3 N–H and O–H groups in total. The molecule has 1 heterocycles. The molecule has 0 saturated heterocycles. The summed E-state index contributed by atoms with van der Waals surface area (Å²) in [5.74, 6) is 0. The molecule has 0 atom stereocenters. The fourth-order valence-electron chi connectivity index (χ4n) is 2.29. The molecule has 0 aliphatic carbocycles. The van der Waals surface area contributed by atoms with Crippen LogP contribution < -0.4 is 5.73 Å². The van der Waals surface area contributed by atoms with E-state index in [1.54, 1.807) is 6.20 Å². The van der Waals surface area contributed by atoms with Crippen LogP contribution in [0.5, 0.6) is 0 Å². The number of sulfonamides is 1. The summed E-state index contributed by atoms with van der Waals surface area (Å²) >= 11 is 0. The van der Waals surface area contributed by atoms with Gasteiger partial charge in [-0.25, -0.2) is 17.7 Å². The molecule has 0 aromatic carbocycles. The number of nitrogens with zero attached hydrogens (tertiary/aromatic N) is 2. The predicted octanol–water partition coefficient (Wildman–Crippen LogP) is 2.28. The Labute approximate surface area is 134 Å². The van der Waals surface area contributed by atoms with Crippen molar-refractivity contribution in [3.8, 4) is 0 Å². The van der Waals surface area contributed by atoms with Crippen LogP contribution in [0.3, 0.4) is 0 Å². The first-order valence-electron chi connectivity index (χ1n) is 8.15. The van der Waals surface area contributed by atoms with Gasteiger partial charge in [0, 0.05) is 26.0 Å². The summed E-state index contributed by atoms with van der Waals surface area (Å²) in [5.41, 5.74) is 6.35. The number of imidazole rings is 1. The van der Waals surface area contributed by atoms with Gasteiger partial charge in [0.05, 0.1) is 0 Å². The second-order valence-corrected chi connectivity index (χ2v) is 7.94. The highest BCUT2D eigenvalue weighted by Gasteiger charge is 2.20. The topological polar surface area (TPSA) is 92.1 Å². The number of rotatable bonds is 12. The highest BCUT2D eigenvalue weighted by atomic mass is 32.2. The quantitative estimate of drug-likeness (QED) is 0.575. The summed E-state index contributed by atoms with van der Waals surface area (Å²) in [6, 6.07) is 0. The number of aromatic nitrogens is 2. The predicted molar refractivity (Wildman–Crippen MR) is 89.2 cm³/mol. The number of H-pyrrole nitrogens is 1. The van der Waals surface area contributed by atoms with Crippen molar-refractivity contribution in [1.82, 2.24) is 14.3 Å². The van der Waals surface area contributed by atoms with Gasteiger partial charge in [0.2, 0.25) is 5.16 Å². The van der Waals surface area contributed by atoms with Crippen LogP contribution in [0.4, 0.5) is 0 Å². The average molecular weight is 330 g/mol. The van der Waals surface area contributed by atoms with Gasteiger partial charge in [0.15, 0.2) is 0 Å². The monoisotopic (exact) mass is 330 g/mol. The van der Waals surface area contributed by atoms with Crippen LogP contribution in [0.2, 0.25) is 0 Å². The number of hydrogen-bond acceptors (Lipinski definition) is 4. The number of nitrogens with two attached hydrogens (primary N) is 1. The van der Waals surface area contributed by atoms with E-state index in [0.717, 1.165) is 31.5 Å². The molecule has 1 rings (SSSR count). The second-order valence-electron chi connectivity index (χ2n) is 5.87. The molecule has 7 heteroatoms. The molecule has 0 amide bonds. The Morgan fingerprint density at radius 3 is 2.14 bits per heavy atom. The molecule has 0 radical (unpaired) electrons. The fourth-order valence-corrected chi connectivity index (χ4v) is 3.08. The molecule has 1 aromatic rings. The zero-order valence-electron chi connectivity index (χ0n) is 13.8. The Morgan fingerprint density at radius 2 is 1.59 bits per heavy atom. The molecule has 0 saturated carbocycles. The maximum absolute atomic E-state index is 11.9. The molecule has 0 bridgehead atoms. The minimum atomic E-state index is -3.45. The lowest BCUT2D eigenvalue weighted by Crippen LogP contribution is -2.23. The second kappa shape index (κ2) is 9.97. The van der Waals surface area contributed by atoms with Crippen molar-refractivity contribution >= 4 is 10.0 Å². The van der Waals surface area contributed by atoms with E-state index in [1.165, 1.54) is 56.9 Å². The lowest BCUT2D eigenvalue weighted by Gasteiger charge is -2.07. The maximum atomic E-state index is 11.9. The van der Waals surface area contributed by atoms with Crippen molar-refractivity contribution in [2.45, 2.75) is 62.9 Å². The number of aryl methyl sites for hydroxylation is 1. The van der Waals surface area contributed by atoms with Crippen LogP contribution in [0, 0.1) is 0 Å². The third-order valence-corrected chi connectivity index (χ3v) is 5.39. The van der Waals surface area contributed by atoms with Crippen LogP contribution in [-0.2, 0) is 16.4 Å². The summed E-state index contributed by atoms with van der Waals surface area (Å²) < 4.78 is 25.0. The van der Waals surface area contributed by atoms with Crippen LogP contribution in [0.25, 0.3) is 0 Å². The molecule has 0 aliphatic heterocycles. The highest BCUT2D eigenvalue weighted by molar-refractivity contribution is 7.88. The summed E-state index contributed by atoms with van der Waals surface area (Å²) in [4.78, 5) is 6.88. The summed E-state index contributed by atoms with van der Waals surface area (Å²) in [6.45, 7) is 0.801. The molecule has 6 nitrogen and oxygen atoms in total. The van der Waals surface area contributed by atoms with E-state index in [0.29, 0.717) is 0 Å². The number of nitrogens with one attached hydrogen (secondary N) is 1. The van der Waals surface area contributed by atoms with E-state index in [-0.39, 0.29) is 5.16 Å². The van der Waals surface area contributed by atoms with Gasteiger partial charge < -0.3 is 10.7 Å². The van der Waals surface area contributed by atoms with Gasteiger partial charge in [-0.1, -0.05) is 38.5 Å². The van der Waals surface area contributed by atoms with Crippen molar-refractivity contribution in [1.29, 1.82) is 0 Å². The van der Waals surface area contributed by atoms with Crippen molar-refractivity contribution in [3.63, 3.8) is 0 Å². The first-order chi connectivity index (χ1) is 10.5. The normalized spacial score (nSPS) is 12.2. The van der Waals surface area contributed by atoms with E-state index in [4.69, 9.17) is 5.73 Å². The largest absolute Gasteiger partial charge is 0.332 e. The van der Waals surface area contributed by atoms with Crippen molar-refractivity contribution < 1.29 is 8.42 Å². The molecule has 0 aliphatic rings. The molecule has 0 unspecified atom stereocenters. The van der Waals surface area contributed by atoms with Crippen LogP contribution in [0.15, 0.2) is 11.4 Å². The number of unbranched alkanes of at least 4 members (excludes halogenated alkanes) is 7. The SMILES string of the molecule is CN(C)S(=O)(=O)c1ncc(CCCCCCCCCCN)[nH]1. The summed E-state index contributed by atoms with van der Waals surface area (Å²) in [7, 11) is -0.439. The highest BCUT2D eigenvalue weighted by Crippen LogP contribution is 2.13. The minimum Gasteiger partial charge on any atom is -0.332 e. The zero-order chi connectivity index (χ0) is 16.4. The molecule has 22 heavy (non-hydrogen) atoms. The number of hydrogen-bond donors (Lipinski definition) is 2. The standard InChI is InChI=1S/C15H30N4O2S/c1-19(2)22(20,21)15-17-13-14(18-15)11-9-7-5-3-4-6-8-10-12-16/h13H,3-12,16H2,1-2H3,(H,17,18).